The van der Waals surface area contributed by atoms with Gasteiger partial charge in [0.1, 0.15) is 42.8 Å². The molecule has 1 fully saturated rings. The lowest BCUT2D eigenvalue weighted by atomic mass is 9.87. The number of nitrogens with zero attached hydrogens (tertiary/aromatic N) is 4. The highest BCUT2D eigenvalue weighted by molar-refractivity contribution is 5.88. The third-order valence-electron chi connectivity index (χ3n) is 6.65. The molecular weight excluding hydrogens is 568 g/mol. The molecular formula is C27H36N6O10. The minimum absolute atomic E-state index is 0.0000485. The summed E-state index contributed by atoms with van der Waals surface area (Å²) in [7, 11) is 0. The first-order chi connectivity index (χ1) is 20.2. The molecule has 1 unspecified atom stereocenters. The number of nitrogens with one attached hydrogen (secondary N) is 1. The van der Waals surface area contributed by atoms with E-state index in [9.17, 15) is 29.5 Å². The van der Waals surface area contributed by atoms with Gasteiger partial charge < -0.3 is 34.5 Å². The predicted molar refractivity (Wildman–Crippen MR) is 146 cm³/mol. The van der Waals surface area contributed by atoms with Crippen molar-refractivity contribution in [1.82, 2.24) is 14.6 Å². The Hall–Kier alpha value is -4.33. The first-order valence-electron chi connectivity index (χ1n) is 13.5. The number of fused-ring (bicyclic) bond motifs is 1. The molecule has 0 aliphatic carbocycles. The fraction of sp³-hybridized carbons (Fsp3) is 0.593. The van der Waals surface area contributed by atoms with Gasteiger partial charge in [0, 0.05) is 6.42 Å². The lowest BCUT2D eigenvalue weighted by Gasteiger charge is -2.26. The third kappa shape index (κ3) is 7.19. The topological polar surface area (TPSA) is 227 Å². The number of ether oxygens (including phenoxy) is 5. The fourth-order valence-electron chi connectivity index (χ4n) is 4.04. The molecule has 0 aromatic carbocycles. The van der Waals surface area contributed by atoms with E-state index in [1.807, 2.05) is 6.07 Å². The number of nitriles is 1. The number of hydrogen-bond acceptors (Lipinski definition) is 14. The zero-order valence-electron chi connectivity index (χ0n) is 24.7. The number of hydrogen-bond donors (Lipinski definition) is 3. The van der Waals surface area contributed by atoms with E-state index in [1.54, 1.807) is 41.5 Å². The van der Waals surface area contributed by atoms with Crippen molar-refractivity contribution in [2.75, 3.05) is 18.7 Å². The maximum atomic E-state index is 12.6. The van der Waals surface area contributed by atoms with Gasteiger partial charge in [-0.2, -0.15) is 10.4 Å². The predicted octanol–water partition coefficient (Wildman–Crippen LogP) is 1.15. The van der Waals surface area contributed by atoms with Crippen molar-refractivity contribution in [3.05, 3.63) is 24.2 Å². The van der Waals surface area contributed by atoms with Gasteiger partial charge in [-0.1, -0.05) is 41.5 Å². The highest BCUT2D eigenvalue weighted by Crippen LogP contribution is 2.42. The van der Waals surface area contributed by atoms with Crippen LogP contribution in [0.4, 0.5) is 10.6 Å². The highest BCUT2D eigenvalue weighted by atomic mass is 16.7. The fourth-order valence-corrected chi connectivity index (χ4v) is 4.04. The van der Waals surface area contributed by atoms with Crippen LogP contribution >= 0.6 is 0 Å². The van der Waals surface area contributed by atoms with E-state index in [0.717, 1.165) is 6.33 Å². The molecule has 3 heterocycles. The summed E-state index contributed by atoms with van der Waals surface area (Å²) in [5.74, 6) is -2.44. The van der Waals surface area contributed by atoms with Gasteiger partial charge in [0.25, 0.3) is 0 Å². The van der Waals surface area contributed by atoms with Crippen LogP contribution < -0.4 is 11.1 Å². The standard InChI is InChI=1S/C27H36N6O10/c1-7-18(34)42-19-16(10-39-24(37)20(29)26(4,5)6)43-27(11-28,21(19)35)17-9-8-15-22(30-12-31-33(15)17)32-25(38)41-13-40-23(36)14(2)3/h8-9,12,14,16,19-21,35H,7,10,13,29H2,1-6H3,(H,30,31,32,38)/t16-,19-,20?,21-,27+/m1/s1. The maximum Gasteiger partial charge on any atom is 0.415 e. The molecule has 5 atom stereocenters. The molecule has 43 heavy (non-hydrogen) atoms. The van der Waals surface area contributed by atoms with Gasteiger partial charge in [-0.25, -0.2) is 14.3 Å². The molecule has 1 amide bonds. The number of esters is 3. The van der Waals surface area contributed by atoms with Gasteiger partial charge in [0.2, 0.25) is 12.4 Å². The van der Waals surface area contributed by atoms with Crippen LogP contribution in [0.1, 0.15) is 53.7 Å². The van der Waals surface area contributed by atoms with Crippen molar-refractivity contribution >= 4 is 35.3 Å². The Morgan fingerprint density at radius 3 is 2.51 bits per heavy atom. The summed E-state index contributed by atoms with van der Waals surface area (Å²) in [6.07, 6.45) is -4.37. The Kier molecular flexibility index (Phi) is 10.3. The average Bonchev–Trinajstić information content (AvgIpc) is 3.50. The van der Waals surface area contributed by atoms with E-state index in [2.05, 4.69) is 15.4 Å². The van der Waals surface area contributed by atoms with Crippen LogP contribution in [0.15, 0.2) is 18.5 Å². The molecule has 4 N–H and O–H groups in total. The Morgan fingerprint density at radius 2 is 1.91 bits per heavy atom. The third-order valence-corrected chi connectivity index (χ3v) is 6.65. The Balaban J connectivity index is 1.89. The SMILES string of the molecule is CCC(=O)O[C@H]1[C@@H](O)[C@](C#N)(c2ccc3c(NC(=O)OCOC(=O)C(C)C)ncnn23)O[C@@H]1COC(=O)C(N)C(C)(C)C. The minimum atomic E-state index is -2.16. The number of nitrogens with two attached hydrogens (primary N) is 1. The number of aliphatic hydroxyl groups is 1. The van der Waals surface area contributed by atoms with Crippen LogP contribution in [0.25, 0.3) is 5.52 Å². The molecule has 0 bridgehead atoms. The summed E-state index contributed by atoms with van der Waals surface area (Å²) < 4.78 is 27.6. The first kappa shape index (κ1) is 33.2. The molecule has 2 aromatic heterocycles. The molecule has 1 saturated heterocycles. The van der Waals surface area contributed by atoms with Crippen molar-refractivity contribution in [3.63, 3.8) is 0 Å². The number of anilines is 1. The Bertz CT molecular complexity index is 1400. The van der Waals surface area contributed by atoms with E-state index in [1.165, 1.54) is 16.6 Å². The van der Waals surface area contributed by atoms with Gasteiger partial charge >= 0.3 is 24.0 Å². The van der Waals surface area contributed by atoms with E-state index >= 15 is 0 Å². The molecule has 0 spiro atoms. The summed E-state index contributed by atoms with van der Waals surface area (Å²) in [5, 5.41) is 28.2. The van der Waals surface area contributed by atoms with Crippen molar-refractivity contribution in [1.29, 1.82) is 5.26 Å². The zero-order valence-corrected chi connectivity index (χ0v) is 24.7. The largest absolute Gasteiger partial charge is 0.462 e. The van der Waals surface area contributed by atoms with Crippen molar-refractivity contribution in [2.24, 2.45) is 17.1 Å². The molecule has 234 valence electrons. The van der Waals surface area contributed by atoms with Crippen LogP contribution in [-0.2, 0) is 43.7 Å². The normalized spacial score (nSPS) is 22.5. The summed E-state index contributed by atoms with van der Waals surface area (Å²) in [6.45, 7) is 8.95. The van der Waals surface area contributed by atoms with E-state index < -0.39 is 78.7 Å². The van der Waals surface area contributed by atoms with Gasteiger partial charge in [0.05, 0.1) is 11.6 Å². The number of rotatable bonds is 10. The minimum Gasteiger partial charge on any atom is -0.462 e. The summed E-state index contributed by atoms with van der Waals surface area (Å²) in [4.78, 5) is 52.7. The monoisotopic (exact) mass is 604 g/mol. The maximum absolute atomic E-state index is 12.6. The Morgan fingerprint density at radius 1 is 1.21 bits per heavy atom. The second-order valence-corrected chi connectivity index (χ2v) is 11.1. The van der Waals surface area contributed by atoms with Gasteiger partial charge in [0.15, 0.2) is 11.9 Å². The molecule has 1 aliphatic rings. The number of carbonyl (C=O) groups is 4. The summed E-state index contributed by atoms with van der Waals surface area (Å²) >= 11 is 0. The van der Waals surface area contributed by atoms with Crippen LogP contribution in [0.5, 0.6) is 0 Å². The van der Waals surface area contributed by atoms with Crippen molar-refractivity contribution < 1.29 is 48.0 Å². The van der Waals surface area contributed by atoms with E-state index in [4.69, 9.17) is 29.4 Å². The smallest absolute Gasteiger partial charge is 0.415 e. The van der Waals surface area contributed by atoms with E-state index in [-0.39, 0.29) is 23.4 Å². The molecule has 0 saturated carbocycles. The van der Waals surface area contributed by atoms with Crippen molar-refractivity contribution in [2.45, 2.75) is 77.9 Å². The number of aliphatic hydroxyl groups excluding tert-OH is 1. The summed E-state index contributed by atoms with van der Waals surface area (Å²) in [6, 6.07) is 3.81. The first-order valence-corrected chi connectivity index (χ1v) is 13.5. The second-order valence-electron chi connectivity index (χ2n) is 11.1. The van der Waals surface area contributed by atoms with Gasteiger partial charge in [-0.15, -0.1) is 0 Å². The summed E-state index contributed by atoms with van der Waals surface area (Å²) in [5.41, 5.74) is 3.38. The number of carbonyl (C=O) groups excluding carboxylic acids is 4. The molecule has 0 radical (unpaired) electrons. The van der Waals surface area contributed by atoms with Crippen LogP contribution in [0, 0.1) is 22.7 Å². The molecule has 16 nitrogen and oxygen atoms in total. The molecule has 2 aromatic rings. The molecule has 1 aliphatic heterocycles. The van der Waals surface area contributed by atoms with Crippen molar-refractivity contribution in [3.8, 4) is 6.07 Å². The number of amides is 1. The molecule has 16 heteroatoms. The second kappa shape index (κ2) is 13.3. The van der Waals surface area contributed by atoms with Crippen LogP contribution in [0.2, 0.25) is 0 Å². The lowest BCUT2D eigenvalue weighted by Crippen LogP contribution is -2.45. The zero-order chi connectivity index (χ0) is 32.1. The highest BCUT2D eigenvalue weighted by Gasteiger charge is 2.60. The van der Waals surface area contributed by atoms with Crippen LogP contribution in [0.3, 0.4) is 0 Å². The molecule has 3 rings (SSSR count). The Labute approximate surface area is 247 Å². The van der Waals surface area contributed by atoms with Gasteiger partial charge in [-0.05, 0) is 17.5 Å². The van der Waals surface area contributed by atoms with Crippen LogP contribution in [-0.4, -0.2) is 81.5 Å². The quantitative estimate of drug-likeness (QED) is 0.196. The number of aromatic nitrogens is 3. The average molecular weight is 605 g/mol. The lowest BCUT2D eigenvalue weighted by molar-refractivity contribution is -0.161. The van der Waals surface area contributed by atoms with Gasteiger partial charge in [-0.3, -0.25) is 19.7 Å². The van der Waals surface area contributed by atoms with E-state index in [0.29, 0.717) is 0 Å².